The number of hydrogen-bond acceptors (Lipinski definition) is 0. The van der Waals surface area contributed by atoms with Crippen molar-refractivity contribution in [2.45, 2.75) is 0 Å². The summed E-state index contributed by atoms with van der Waals surface area (Å²) in [5, 5.41) is 0. The van der Waals surface area contributed by atoms with Gasteiger partial charge < -0.3 is 11.5 Å². The van der Waals surface area contributed by atoms with Crippen molar-refractivity contribution < 1.29 is 0 Å². The third-order valence-corrected chi connectivity index (χ3v) is 1.55. The summed E-state index contributed by atoms with van der Waals surface area (Å²) < 4.78 is 0. The molecule has 2 aromatic carbocycles. The van der Waals surface area contributed by atoms with Crippen LogP contribution in [0.3, 0.4) is 0 Å². The molecular formula is C12H12BeN2. The summed E-state index contributed by atoms with van der Waals surface area (Å²) in [5.41, 5.74) is 15.1. The number of rotatable bonds is 0. The molecule has 0 aliphatic carbocycles. The Morgan fingerprint density at radius 2 is 0.800 bits per heavy atom. The summed E-state index contributed by atoms with van der Waals surface area (Å²) in [6.45, 7) is 0. The largest absolute Gasteiger partial charge is 2.00 e. The Kier molecular flexibility index (Phi) is 6.69. The SMILES string of the molecule is [Be+2].[NH-]c1ccccc1.[NH-]c1ccccc1. The predicted octanol–water partition coefficient (Wildman–Crippen LogP) is 4.36. The quantitative estimate of drug-likeness (QED) is 0.558. The van der Waals surface area contributed by atoms with E-state index in [9.17, 15) is 0 Å². The van der Waals surface area contributed by atoms with Gasteiger partial charge in [-0.1, -0.05) is 60.7 Å². The molecule has 0 aliphatic rings. The average Bonchev–Trinajstić information content (AvgIpc) is 2.21. The van der Waals surface area contributed by atoms with Gasteiger partial charge in [0.2, 0.25) is 0 Å². The van der Waals surface area contributed by atoms with Gasteiger partial charge in [0.1, 0.15) is 0 Å². The van der Waals surface area contributed by atoms with Crippen molar-refractivity contribution in [3.8, 4) is 0 Å². The van der Waals surface area contributed by atoms with Gasteiger partial charge in [-0.05, 0) is 0 Å². The Bertz CT molecular complexity index is 311. The zero-order valence-electron chi connectivity index (χ0n) is 8.48. The Hall–Kier alpha value is -1.79. The van der Waals surface area contributed by atoms with E-state index in [0.29, 0.717) is 11.4 Å². The molecule has 0 heterocycles. The molecule has 2 N–H and O–H groups in total. The first-order valence-electron chi connectivity index (χ1n) is 4.32. The molecule has 2 aromatic rings. The van der Waals surface area contributed by atoms with Crippen molar-refractivity contribution in [3.63, 3.8) is 0 Å². The van der Waals surface area contributed by atoms with Crippen LogP contribution in [0.1, 0.15) is 0 Å². The third kappa shape index (κ3) is 6.30. The minimum atomic E-state index is 0. The van der Waals surface area contributed by atoms with Gasteiger partial charge in [-0.25, -0.2) is 0 Å². The third-order valence-electron chi connectivity index (χ3n) is 1.55. The molecule has 2 rings (SSSR count). The molecule has 0 atom stereocenters. The fraction of sp³-hybridized carbons (Fsp3) is 0. The minimum Gasteiger partial charge on any atom is -0.699 e. The minimum absolute atomic E-state index is 0. The maximum absolute atomic E-state index is 7.00. The molecule has 0 bridgehead atoms. The first-order valence-corrected chi connectivity index (χ1v) is 4.32. The predicted molar refractivity (Wildman–Crippen MR) is 66.6 cm³/mol. The van der Waals surface area contributed by atoms with Crippen LogP contribution in [0.25, 0.3) is 11.5 Å². The van der Waals surface area contributed by atoms with Gasteiger partial charge in [-0.15, -0.1) is 11.4 Å². The first kappa shape index (κ1) is 13.2. The molecule has 0 saturated carbocycles. The van der Waals surface area contributed by atoms with Crippen molar-refractivity contribution >= 4 is 21.5 Å². The van der Waals surface area contributed by atoms with Gasteiger partial charge in [0.15, 0.2) is 0 Å². The normalized spacial score (nSPS) is 8.00. The van der Waals surface area contributed by atoms with Crippen LogP contribution in [0.15, 0.2) is 60.7 Å². The van der Waals surface area contributed by atoms with E-state index >= 15 is 0 Å². The van der Waals surface area contributed by atoms with E-state index in [-0.39, 0.29) is 10.1 Å². The molecule has 0 aromatic heterocycles. The Labute approximate surface area is 94.1 Å². The summed E-state index contributed by atoms with van der Waals surface area (Å²) in [6, 6.07) is 18.2. The van der Waals surface area contributed by atoms with E-state index in [2.05, 4.69) is 0 Å². The van der Waals surface area contributed by atoms with Gasteiger partial charge in [-0.2, -0.15) is 0 Å². The molecule has 0 radical (unpaired) electrons. The molecule has 2 nitrogen and oxygen atoms in total. The van der Waals surface area contributed by atoms with E-state index in [4.69, 9.17) is 11.5 Å². The van der Waals surface area contributed by atoms with E-state index in [1.54, 1.807) is 24.3 Å². The molecule has 72 valence electrons. The van der Waals surface area contributed by atoms with E-state index in [0.717, 1.165) is 0 Å². The number of nitrogens with one attached hydrogen (secondary N) is 2. The zero-order chi connectivity index (χ0) is 10.2. The van der Waals surface area contributed by atoms with E-state index in [1.165, 1.54) is 0 Å². The topological polar surface area (TPSA) is 47.6 Å². The van der Waals surface area contributed by atoms with Gasteiger partial charge in [0.05, 0.1) is 0 Å². The second-order valence-corrected chi connectivity index (χ2v) is 2.73. The smallest absolute Gasteiger partial charge is 0.699 e. The molecule has 15 heavy (non-hydrogen) atoms. The molecule has 0 aliphatic heterocycles. The Morgan fingerprint density at radius 3 is 0.933 bits per heavy atom. The molecule has 3 heteroatoms. The van der Waals surface area contributed by atoms with Crippen molar-refractivity contribution in [1.82, 2.24) is 0 Å². The van der Waals surface area contributed by atoms with Crippen LogP contribution in [0.5, 0.6) is 0 Å². The van der Waals surface area contributed by atoms with Gasteiger partial charge in [0, 0.05) is 0 Å². The van der Waals surface area contributed by atoms with Crippen molar-refractivity contribution in [3.05, 3.63) is 72.1 Å². The molecule has 0 amide bonds. The second kappa shape index (κ2) is 7.60. The van der Waals surface area contributed by atoms with Gasteiger partial charge in [0.25, 0.3) is 0 Å². The van der Waals surface area contributed by atoms with E-state index in [1.807, 2.05) is 36.4 Å². The van der Waals surface area contributed by atoms with Crippen molar-refractivity contribution in [2.75, 3.05) is 0 Å². The summed E-state index contributed by atoms with van der Waals surface area (Å²) in [4.78, 5) is 0. The maximum Gasteiger partial charge on any atom is 2.00 e. The fourth-order valence-electron chi connectivity index (χ4n) is 0.876. The fourth-order valence-corrected chi connectivity index (χ4v) is 0.876. The molecule has 0 unspecified atom stereocenters. The second-order valence-electron chi connectivity index (χ2n) is 2.73. The van der Waals surface area contributed by atoms with Crippen molar-refractivity contribution in [1.29, 1.82) is 0 Å². The molecular weight excluding hydrogens is 181 g/mol. The standard InChI is InChI=1S/2C6H6N.Be/c2*7-6-4-2-1-3-5-6;/h2*1-5,7H;/q2*-1;+2. The molecule has 0 saturated heterocycles. The summed E-state index contributed by atoms with van der Waals surface area (Å²) in [6.07, 6.45) is 0. The summed E-state index contributed by atoms with van der Waals surface area (Å²) in [5.74, 6) is 0. The van der Waals surface area contributed by atoms with Crippen LogP contribution in [0.2, 0.25) is 0 Å². The van der Waals surface area contributed by atoms with Crippen LogP contribution < -0.4 is 0 Å². The summed E-state index contributed by atoms with van der Waals surface area (Å²) in [7, 11) is 0. The first-order chi connectivity index (χ1) is 6.79. The van der Waals surface area contributed by atoms with Crippen LogP contribution in [0, 0.1) is 0 Å². The maximum atomic E-state index is 7.00. The van der Waals surface area contributed by atoms with Crippen LogP contribution in [0.4, 0.5) is 11.4 Å². The molecule has 0 fully saturated rings. The zero-order valence-corrected chi connectivity index (χ0v) is 8.48. The Balaban J connectivity index is 0.000000245. The van der Waals surface area contributed by atoms with Gasteiger partial charge >= 0.3 is 10.1 Å². The van der Waals surface area contributed by atoms with E-state index < -0.39 is 0 Å². The van der Waals surface area contributed by atoms with Crippen LogP contribution in [-0.2, 0) is 0 Å². The monoisotopic (exact) mass is 193 g/mol. The number of benzene rings is 2. The summed E-state index contributed by atoms with van der Waals surface area (Å²) >= 11 is 0. The van der Waals surface area contributed by atoms with Crippen LogP contribution in [-0.4, -0.2) is 10.1 Å². The average molecular weight is 193 g/mol. The Morgan fingerprint density at radius 1 is 0.533 bits per heavy atom. The molecule has 0 spiro atoms. The number of hydrogen-bond donors (Lipinski definition) is 0. The van der Waals surface area contributed by atoms with Gasteiger partial charge in [-0.3, -0.25) is 0 Å². The van der Waals surface area contributed by atoms with Crippen LogP contribution >= 0.6 is 0 Å². The van der Waals surface area contributed by atoms with Crippen molar-refractivity contribution in [2.24, 2.45) is 0 Å².